The number of benzene rings is 1. The molecule has 8 heteroatoms. The Morgan fingerprint density at radius 1 is 1.13 bits per heavy atom. The number of carbonyl (C=O) groups is 2. The third-order valence-electron chi connectivity index (χ3n) is 5.89. The van der Waals surface area contributed by atoms with Crippen molar-refractivity contribution in [1.82, 2.24) is 14.8 Å². The van der Waals surface area contributed by atoms with Gasteiger partial charge in [-0.1, -0.05) is 0 Å². The first-order valence-electron chi connectivity index (χ1n) is 10.4. The smallest absolute Gasteiger partial charge is 0.272 e. The van der Waals surface area contributed by atoms with E-state index in [0.717, 1.165) is 24.0 Å². The Kier molecular flexibility index (Phi) is 4.94. The molecule has 1 aromatic carbocycles. The summed E-state index contributed by atoms with van der Waals surface area (Å²) in [5, 5.41) is 3.56. The molecule has 2 amide bonds. The molecule has 1 saturated heterocycles. The number of fused-ring (bicyclic) bond motifs is 1. The molecule has 2 aromatic heterocycles. The molecule has 160 valence electrons. The second kappa shape index (κ2) is 7.77. The number of nitrogens with one attached hydrogen (secondary N) is 1. The van der Waals surface area contributed by atoms with Crippen molar-refractivity contribution in [1.29, 1.82) is 0 Å². The van der Waals surface area contributed by atoms with E-state index < -0.39 is 12.1 Å². The van der Waals surface area contributed by atoms with Crippen LogP contribution in [0.5, 0.6) is 0 Å². The summed E-state index contributed by atoms with van der Waals surface area (Å²) < 4.78 is 19.0. The summed E-state index contributed by atoms with van der Waals surface area (Å²) in [4.78, 5) is 33.1. The van der Waals surface area contributed by atoms with Gasteiger partial charge in [-0.15, -0.1) is 0 Å². The van der Waals surface area contributed by atoms with Crippen LogP contribution in [0.4, 0.5) is 10.1 Å². The van der Waals surface area contributed by atoms with Gasteiger partial charge in [0.25, 0.3) is 5.91 Å². The predicted octanol–water partition coefficient (Wildman–Crippen LogP) is 3.18. The number of aromatic nitrogens is 1. The molecule has 0 bridgehead atoms. The summed E-state index contributed by atoms with van der Waals surface area (Å²) in [6, 6.07) is 10.7. The van der Waals surface area contributed by atoms with Crippen molar-refractivity contribution in [3.63, 3.8) is 0 Å². The number of hydrogen-bond donors (Lipinski definition) is 1. The summed E-state index contributed by atoms with van der Waals surface area (Å²) in [6.07, 6.45) is 0.875. The number of rotatable bonds is 4. The van der Waals surface area contributed by atoms with Crippen molar-refractivity contribution >= 4 is 28.5 Å². The number of likely N-dealkylation sites (N-methyl/N-ethyl adjacent to an activating group) is 1. The fraction of sp³-hybridized carbons (Fsp3) is 0.348. The van der Waals surface area contributed by atoms with E-state index in [-0.39, 0.29) is 11.8 Å². The van der Waals surface area contributed by atoms with Gasteiger partial charge >= 0.3 is 0 Å². The third kappa shape index (κ3) is 4.03. The Bertz CT molecular complexity index is 1150. The fourth-order valence-corrected chi connectivity index (χ4v) is 3.81. The van der Waals surface area contributed by atoms with Crippen LogP contribution in [-0.2, 0) is 4.79 Å². The number of hydrogen-bond acceptors (Lipinski definition) is 5. The highest BCUT2D eigenvalue weighted by atomic mass is 19.1. The lowest BCUT2D eigenvalue weighted by Gasteiger charge is -2.32. The Morgan fingerprint density at radius 2 is 1.90 bits per heavy atom. The molecule has 5 rings (SSSR count). The van der Waals surface area contributed by atoms with Crippen molar-refractivity contribution in [2.45, 2.75) is 12.6 Å². The van der Waals surface area contributed by atoms with E-state index in [1.165, 1.54) is 0 Å². The maximum Gasteiger partial charge on any atom is 0.272 e. The highest BCUT2D eigenvalue weighted by molar-refractivity contribution is 5.97. The number of amides is 2. The molecule has 1 N–H and O–H groups in total. The van der Waals surface area contributed by atoms with E-state index in [2.05, 4.69) is 15.2 Å². The fourth-order valence-electron chi connectivity index (χ4n) is 3.81. The minimum atomic E-state index is -1.03. The Balaban J connectivity index is 1.36. The summed E-state index contributed by atoms with van der Waals surface area (Å²) in [7, 11) is 2.04. The zero-order valence-electron chi connectivity index (χ0n) is 17.2. The van der Waals surface area contributed by atoms with Gasteiger partial charge in [-0.25, -0.2) is 4.39 Å². The quantitative estimate of drug-likeness (QED) is 0.699. The number of halogens is 1. The molecule has 0 spiro atoms. The van der Waals surface area contributed by atoms with Crippen LogP contribution in [0.25, 0.3) is 22.3 Å². The van der Waals surface area contributed by atoms with Crippen LogP contribution in [0.2, 0.25) is 0 Å². The molecule has 0 unspecified atom stereocenters. The molecule has 1 aliphatic heterocycles. The largest absolute Gasteiger partial charge is 0.456 e. The van der Waals surface area contributed by atoms with Crippen molar-refractivity contribution in [3.8, 4) is 11.3 Å². The molecule has 1 saturated carbocycles. The van der Waals surface area contributed by atoms with Crippen LogP contribution in [0.3, 0.4) is 0 Å². The number of furan rings is 1. The second-order valence-corrected chi connectivity index (χ2v) is 8.24. The van der Waals surface area contributed by atoms with Crippen molar-refractivity contribution in [3.05, 3.63) is 48.3 Å². The molecule has 3 heterocycles. The van der Waals surface area contributed by atoms with E-state index in [4.69, 9.17) is 4.42 Å². The summed E-state index contributed by atoms with van der Waals surface area (Å²) >= 11 is 0. The van der Waals surface area contributed by atoms with Crippen molar-refractivity contribution in [2.75, 3.05) is 38.5 Å². The van der Waals surface area contributed by atoms with Gasteiger partial charge in [-0.2, -0.15) is 0 Å². The average Bonchev–Trinajstić information content (AvgIpc) is 3.36. The first-order valence-corrected chi connectivity index (χ1v) is 10.4. The number of piperazine rings is 1. The molecular weight excluding hydrogens is 399 g/mol. The SMILES string of the molecule is CN1CCN(C(=O)c2cc(-c3cc4cc(NC(=O)[C@@H]5C[C@@H]5F)ccc4o3)ccn2)CC1. The van der Waals surface area contributed by atoms with E-state index in [1.54, 1.807) is 36.5 Å². The molecule has 3 aromatic rings. The Hall–Kier alpha value is -3.26. The van der Waals surface area contributed by atoms with Gasteiger partial charge in [0.05, 0.1) is 5.92 Å². The van der Waals surface area contributed by atoms with Gasteiger partial charge in [0, 0.05) is 49.0 Å². The van der Waals surface area contributed by atoms with E-state index >= 15 is 0 Å². The van der Waals surface area contributed by atoms with Crippen LogP contribution in [0, 0.1) is 5.92 Å². The summed E-state index contributed by atoms with van der Waals surface area (Å²) in [5.74, 6) is -0.304. The average molecular weight is 422 g/mol. The van der Waals surface area contributed by atoms with Crippen molar-refractivity contribution in [2.24, 2.45) is 5.92 Å². The molecule has 1 aliphatic carbocycles. The van der Waals surface area contributed by atoms with Gasteiger partial charge in [0.15, 0.2) is 0 Å². The van der Waals surface area contributed by atoms with E-state index in [9.17, 15) is 14.0 Å². The van der Waals surface area contributed by atoms with Gasteiger partial charge in [0.1, 0.15) is 23.2 Å². The number of nitrogens with zero attached hydrogens (tertiary/aromatic N) is 3. The maximum atomic E-state index is 13.1. The molecule has 2 fully saturated rings. The number of alkyl halides is 1. The van der Waals surface area contributed by atoms with Gasteiger partial charge in [-0.3, -0.25) is 14.6 Å². The lowest BCUT2D eigenvalue weighted by atomic mass is 10.1. The second-order valence-electron chi connectivity index (χ2n) is 8.24. The Morgan fingerprint density at radius 3 is 2.65 bits per heavy atom. The highest BCUT2D eigenvalue weighted by Gasteiger charge is 2.43. The Labute approximate surface area is 178 Å². The minimum Gasteiger partial charge on any atom is -0.456 e. The van der Waals surface area contributed by atoms with Gasteiger partial charge in [-0.05, 0) is 49.9 Å². The van der Waals surface area contributed by atoms with Crippen LogP contribution in [0.15, 0.2) is 47.0 Å². The topological polar surface area (TPSA) is 78.7 Å². The van der Waals surface area contributed by atoms with Crippen LogP contribution >= 0.6 is 0 Å². The van der Waals surface area contributed by atoms with Crippen LogP contribution < -0.4 is 5.32 Å². The van der Waals surface area contributed by atoms with Crippen LogP contribution in [-0.4, -0.2) is 66.0 Å². The normalized spacial score (nSPS) is 21.3. The standard InChI is InChI=1S/C23H23FN4O3/c1-27-6-8-28(9-7-27)23(30)19-11-14(4-5-25-19)21-12-15-10-16(2-3-20(15)31-21)26-22(29)17-13-18(17)24/h2-5,10-12,17-18H,6-9,13H2,1H3,(H,26,29)/t17-,18+/m1/s1. The third-order valence-corrected chi connectivity index (χ3v) is 5.89. The molecule has 2 aliphatic rings. The molecule has 31 heavy (non-hydrogen) atoms. The molecular formula is C23H23FN4O3. The first-order chi connectivity index (χ1) is 15.0. The van der Waals surface area contributed by atoms with E-state index in [0.29, 0.717) is 42.2 Å². The zero-order valence-corrected chi connectivity index (χ0v) is 17.2. The summed E-state index contributed by atoms with van der Waals surface area (Å²) in [6.45, 7) is 3.07. The monoisotopic (exact) mass is 422 g/mol. The van der Waals surface area contributed by atoms with E-state index in [1.807, 2.05) is 18.0 Å². The number of carbonyl (C=O) groups excluding carboxylic acids is 2. The molecule has 2 atom stereocenters. The predicted molar refractivity (Wildman–Crippen MR) is 114 cm³/mol. The highest BCUT2D eigenvalue weighted by Crippen LogP contribution is 2.35. The number of anilines is 1. The lowest BCUT2D eigenvalue weighted by molar-refractivity contribution is -0.117. The molecule has 0 radical (unpaired) electrons. The van der Waals surface area contributed by atoms with Gasteiger partial charge in [0.2, 0.25) is 5.91 Å². The van der Waals surface area contributed by atoms with Crippen LogP contribution in [0.1, 0.15) is 16.9 Å². The summed E-state index contributed by atoms with van der Waals surface area (Å²) in [5.41, 5.74) is 2.41. The molecule has 7 nitrogen and oxygen atoms in total. The lowest BCUT2D eigenvalue weighted by Crippen LogP contribution is -2.47. The van der Waals surface area contributed by atoms with Crippen molar-refractivity contribution < 1.29 is 18.4 Å². The van der Waals surface area contributed by atoms with Gasteiger partial charge < -0.3 is 19.5 Å². The zero-order chi connectivity index (χ0) is 21.5. The maximum absolute atomic E-state index is 13.1. The minimum absolute atomic E-state index is 0.0812. The first kappa shape index (κ1) is 19.7. The number of pyridine rings is 1.